The second-order valence-corrected chi connectivity index (χ2v) is 11.9. The van der Waals surface area contributed by atoms with Gasteiger partial charge in [-0.3, -0.25) is 24.3 Å². The van der Waals surface area contributed by atoms with E-state index in [4.69, 9.17) is 14.8 Å². The molecule has 7 rings (SSSR count). The third-order valence-electron chi connectivity index (χ3n) is 9.07. The van der Waals surface area contributed by atoms with Crippen molar-refractivity contribution in [3.63, 3.8) is 0 Å². The zero-order valence-corrected chi connectivity index (χ0v) is 23.8. The molecule has 1 saturated carbocycles. The number of aromatic nitrogens is 4. The molecule has 0 bridgehead atoms. The summed E-state index contributed by atoms with van der Waals surface area (Å²) in [5, 5.41) is 13.7. The van der Waals surface area contributed by atoms with Gasteiger partial charge in [-0.15, -0.1) is 0 Å². The zero-order chi connectivity index (χ0) is 29.5. The van der Waals surface area contributed by atoms with Crippen LogP contribution in [0, 0.1) is 17.6 Å². The molecule has 224 valence electrons. The van der Waals surface area contributed by atoms with Gasteiger partial charge in [-0.2, -0.15) is 5.10 Å². The highest BCUT2D eigenvalue weighted by Gasteiger charge is 2.43. The average molecular weight is 589 g/mol. The molecule has 0 amide bonds. The Morgan fingerprint density at radius 1 is 1.02 bits per heavy atom. The van der Waals surface area contributed by atoms with Gasteiger partial charge in [0.15, 0.2) is 0 Å². The van der Waals surface area contributed by atoms with Gasteiger partial charge in [0, 0.05) is 68.1 Å². The maximum absolute atomic E-state index is 15.2. The third-order valence-corrected chi connectivity index (χ3v) is 9.07. The number of hydrogen-bond donors (Lipinski definition) is 1. The summed E-state index contributed by atoms with van der Waals surface area (Å²) in [5.74, 6) is -1.59. The number of carbonyl (C=O) groups is 1. The van der Waals surface area contributed by atoms with Crippen LogP contribution in [0.1, 0.15) is 37.3 Å². The molecule has 2 aromatic heterocycles. The molecule has 2 unspecified atom stereocenters. The van der Waals surface area contributed by atoms with Crippen molar-refractivity contribution in [1.29, 1.82) is 0 Å². The van der Waals surface area contributed by atoms with Crippen LogP contribution in [0.4, 0.5) is 8.78 Å². The molecule has 3 aliphatic rings. The number of likely N-dealkylation sites (tertiary alicyclic amines) is 1. The SMILES string of the molecule is O=C(O)CC1CC1N1CCC(n2cc(-c3cnc4cccc(-c5cc(F)c(CN6CCOCC6)c(F)c5)c4n3)cn2)CC1. The summed E-state index contributed by atoms with van der Waals surface area (Å²) >= 11 is 0. The van der Waals surface area contributed by atoms with E-state index in [-0.39, 0.29) is 30.5 Å². The average Bonchev–Trinajstić information content (AvgIpc) is 3.59. The minimum Gasteiger partial charge on any atom is -0.481 e. The largest absolute Gasteiger partial charge is 0.481 e. The van der Waals surface area contributed by atoms with Crippen LogP contribution >= 0.6 is 0 Å². The first-order valence-electron chi connectivity index (χ1n) is 15.0. The number of benzene rings is 2. The number of aliphatic carboxylic acids is 1. The van der Waals surface area contributed by atoms with Gasteiger partial charge in [0.05, 0.1) is 48.4 Å². The Hall–Kier alpha value is -3.80. The van der Waals surface area contributed by atoms with Gasteiger partial charge in [-0.1, -0.05) is 12.1 Å². The lowest BCUT2D eigenvalue weighted by molar-refractivity contribution is -0.137. The van der Waals surface area contributed by atoms with E-state index in [9.17, 15) is 4.79 Å². The van der Waals surface area contributed by atoms with Crippen LogP contribution < -0.4 is 0 Å². The van der Waals surface area contributed by atoms with Crippen molar-refractivity contribution in [2.45, 2.75) is 44.3 Å². The number of para-hydroxylation sites is 1. The van der Waals surface area contributed by atoms with Gasteiger partial charge in [-0.25, -0.2) is 13.8 Å². The lowest BCUT2D eigenvalue weighted by Gasteiger charge is -2.32. The van der Waals surface area contributed by atoms with Crippen LogP contribution in [-0.2, 0) is 16.1 Å². The van der Waals surface area contributed by atoms with Gasteiger partial charge in [0.1, 0.15) is 11.6 Å². The Morgan fingerprint density at radius 3 is 2.53 bits per heavy atom. The lowest BCUT2D eigenvalue weighted by atomic mass is 10.0. The van der Waals surface area contributed by atoms with Crippen LogP contribution in [-0.4, -0.2) is 86.1 Å². The quantitative estimate of drug-likeness (QED) is 0.315. The summed E-state index contributed by atoms with van der Waals surface area (Å²) in [6.45, 7) is 4.48. The van der Waals surface area contributed by atoms with Crippen LogP contribution in [0.5, 0.6) is 0 Å². The molecule has 2 aromatic carbocycles. The first-order chi connectivity index (χ1) is 20.9. The van der Waals surface area contributed by atoms with Crippen LogP contribution in [0.15, 0.2) is 48.9 Å². The molecule has 43 heavy (non-hydrogen) atoms. The fourth-order valence-corrected chi connectivity index (χ4v) is 6.57. The second kappa shape index (κ2) is 11.7. The van der Waals surface area contributed by atoms with Crippen LogP contribution in [0.2, 0.25) is 0 Å². The molecule has 11 heteroatoms. The minimum atomic E-state index is -0.716. The topological polar surface area (TPSA) is 96.6 Å². The zero-order valence-electron chi connectivity index (χ0n) is 23.8. The van der Waals surface area contributed by atoms with Gasteiger partial charge >= 0.3 is 5.97 Å². The maximum Gasteiger partial charge on any atom is 0.303 e. The molecule has 1 aliphatic carbocycles. The van der Waals surface area contributed by atoms with Crippen molar-refractivity contribution < 1.29 is 23.4 Å². The Morgan fingerprint density at radius 2 is 1.79 bits per heavy atom. The maximum atomic E-state index is 15.2. The number of rotatable bonds is 8. The highest BCUT2D eigenvalue weighted by molar-refractivity contribution is 5.92. The smallest absolute Gasteiger partial charge is 0.303 e. The van der Waals surface area contributed by atoms with Crippen molar-refractivity contribution in [2.24, 2.45) is 5.92 Å². The fourth-order valence-electron chi connectivity index (χ4n) is 6.57. The predicted octanol–water partition coefficient (Wildman–Crippen LogP) is 4.77. The number of halogens is 2. The molecule has 3 fully saturated rings. The lowest BCUT2D eigenvalue weighted by Crippen LogP contribution is -2.37. The van der Waals surface area contributed by atoms with E-state index in [1.165, 1.54) is 12.1 Å². The molecule has 0 radical (unpaired) electrons. The molecule has 1 N–H and O–H groups in total. The summed E-state index contributed by atoms with van der Waals surface area (Å²) in [4.78, 5) is 24.9. The van der Waals surface area contributed by atoms with Crippen molar-refractivity contribution in [3.05, 3.63) is 66.1 Å². The van der Waals surface area contributed by atoms with Gasteiger partial charge in [-0.05, 0) is 48.9 Å². The van der Waals surface area contributed by atoms with Gasteiger partial charge < -0.3 is 9.84 Å². The third kappa shape index (κ3) is 5.89. The second-order valence-electron chi connectivity index (χ2n) is 11.9. The molecule has 0 spiro atoms. The highest BCUT2D eigenvalue weighted by Crippen LogP contribution is 2.41. The standard InChI is InChI=1S/C32H34F2N6O3/c33-26-12-20(13-27(34)25(26)19-38-8-10-43-11-9-38)24-2-1-3-28-32(24)37-29(17-35-28)22-16-36-40(18-22)23-4-6-39(7-5-23)30-14-21(30)15-31(41)42/h1-3,12-13,16-18,21,23,30H,4-11,14-15,19H2,(H,41,42). The summed E-state index contributed by atoms with van der Waals surface area (Å²) in [7, 11) is 0. The van der Waals surface area contributed by atoms with Crippen molar-refractivity contribution >= 4 is 17.0 Å². The van der Waals surface area contributed by atoms with E-state index in [0.717, 1.165) is 37.9 Å². The Bertz CT molecular complexity index is 1620. The number of fused-ring (bicyclic) bond motifs is 1. The number of ether oxygens (including phenoxy) is 1. The van der Waals surface area contributed by atoms with Crippen molar-refractivity contribution in [3.8, 4) is 22.4 Å². The van der Waals surface area contributed by atoms with Crippen LogP contribution in [0.3, 0.4) is 0 Å². The van der Waals surface area contributed by atoms with E-state index in [2.05, 4.69) is 15.0 Å². The molecule has 2 aliphatic heterocycles. The van der Waals surface area contributed by atoms with Crippen LogP contribution in [0.25, 0.3) is 33.4 Å². The molecule has 2 atom stereocenters. The number of carboxylic acids is 1. The van der Waals surface area contributed by atoms with E-state index in [1.807, 2.05) is 34.0 Å². The summed E-state index contributed by atoms with van der Waals surface area (Å²) in [5.41, 5.74) is 3.77. The number of morpholine rings is 1. The number of nitrogens with zero attached hydrogens (tertiary/aromatic N) is 6. The fraction of sp³-hybridized carbons (Fsp3) is 0.438. The van der Waals surface area contributed by atoms with E-state index < -0.39 is 17.6 Å². The van der Waals surface area contributed by atoms with E-state index in [0.29, 0.717) is 60.2 Å². The van der Waals surface area contributed by atoms with Crippen molar-refractivity contribution in [1.82, 2.24) is 29.5 Å². The van der Waals surface area contributed by atoms with E-state index >= 15 is 8.78 Å². The summed E-state index contributed by atoms with van der Waals surface area (Å²) in [6.07, 6.45) is 8.61. The summed E-state index contributed by atoms with van der Waals surface area (Å²) < 4.78 is 37.8. The first kappa shape index (κ1) is 28.0. The molecular weight excluding hydrogens is 554 g/mol. The molecule has 9 nitrogen and oxygen atoms in total. The number of hydrogen-bond acceptors (Lipinski definition) is 7. The normalized spacial score (nSPS) is 21.8. The van der Waals surface area contributed by atoms with Gasteiger partial charge in [0.25, 0.3) is 0 Å². The Kier molecular flexibility index (Phi) is 7.62. The predicted molar refractivity (Wildman–Crippen MR) is 156 cm³/mol. The van der Waals surface area contributed by atoms with E-state index in [1.54, 1.807) is 12.4 Å². The Labute approximate surface area is 248 Å². The molecule has 4 aromatic rings. The molecular formula is C32H34F2N6O3. The molecule has 2 saturated heterocycles. The first-order valence-corrected chi connectivity index (χ1v) is 15.0. The Balaban J connectivity index is 1.09. The number of piperidine rings is 1. The minimum absolute atomic E-state index is 0.0631. The monoisotopic (exact) mass is 588 g/mol. The van der Waals surface area contributed by atoms with Crippen molar-refractivity contribution in [2.75, 3.05) is 39.4 Å². The van der Waals surface area contributed by atoms with Gasteiger partial charge in [0.2, 0.25) is 0 Å². The summed E-state index contributed by atoms with van der Waals surface area (Å²) in [6, 6.07) is 8.90. The molecule has 4 heterocycles. The number of carboxylic acid groups (broad SMARTS) is 1. The highest BCUT2D eigenvalue weighted by atomic mass is 19.1.